The fourth-order valence-electron chi connectivity index (χ4n) is 3.12. The third kappa shape index (κ3) is 3.42. The molecule has 0 unspecified atom stereocenters. The number of likely N-dealkylation sites (tertiary alicyclic amines) is 1. The monoisotopic (exact) mass is 340 g/mol. The number of aliphatic hydroxyl groups excluding tert-OH is 1. The molecule has 1 aromatic carbocycles. The van der Waals surface area contributed by atoms with Crippen LogP contribution in [0.3, 0.4) is 0 Å². The molecule has 1 fully saturated rings. The van der Waals surface area contributed by atoms with Gasteiger partial charge in [-0.25, -0.2) is 4.39 Å². The van der Waals surface area contributed by atoms with Gasteiger partial charge in [-0.3, -0.25) is 9.88 Å². The molecule has 2 atom stereocenters. The van der Waals surface area contributed by atoms with E-state index in [-0.39, 0.29) is 11.9 Å². The second-order valence-electron chi connectivity index (χ2n) is 6.16. The highest BCUT2D eigenvalue weighted by molar-refractivity contribution is 5.53. The van der Waals surface area contributed by atoms with E-state index in [0.29, 0.717) is 36.8 Å². The van der Waals surface area contributed by atoms with Crippen LogP contribution in [0.2, 0.25) is 0 Å². The van der Waals surface area contributed by atoms with Crippen molar-refractivity contribution in [3.8, 4) is 11.4 Å². The Morgan fingerprint density at radius 1 is 1.24 bits per heavy atom. The maximum atomic E-state index is 13.1. The molecule has 0 amide bonds. The van der Waals surface area contributed by atoms with E-state index in [1.165, 1.54) is 12.1 Å². The molecule has 0 saturated carbocycles. The Morgan fingerprint density at radius 3 is 2.84 bits per heavy atom. The first-order valence-electron chi connectivity index (χ1n) is 8.09. The molecule has 0 bridgehead atoms. The number of nitrogens with zero attached hydrogens (tertiary/aromatic N) is 4. The zero-order valence-corrected chi connectivity index (χ0v) is 13.4. The summed E-state index contributed by atoms with van der Waals surface area (Å²) in [5.41, 5.74) is 1.74. The topological polar surface area (TPSA) is 75.3 Å². The van der Waals surface area contributed by atoms with Gasteiger partial charge in [0.05, 0.1) is 12.1 Å². The minimum Gasteiger partial charge on any atom is -0.392 e. The van der Waals surface area contributed by atoms with Crippen LogP contribution in [0.15, 0.2) is 53.3 Å². The number of β-amino-alcohol motifs (C(OH)–C–C–N with tert-alkyl or cyclic N) is 1. The van der Waals surface area contributed by atoms with E-state index in [1.54, 1.807) is 24.5 Å². The average molecular weight is 340 g/mol. The Balaban J connectivity index is 1.56. The summed E-state index contributed by atoms with van der Waals surface area (Å²) < 4.78 is 18.5. The Kier molecular flexibility index (Phi) is 4.25. The van der Waals surface area contributed by atoms with Crippen molar-refractivity contribution in [1.29, 1.82) is 0 Å². The van der Waals surface area contributed by atoms with Crippen LogP contribution >= 0.6 is 0 Å². The zero-order valence-electron chi connectivity index (χ0n) is 13.4. The summed E-state index contributed by atoms with van der Waals surface area (Å²) in [6.45, 7) is 1.18. The van der Waals surface area contributed by atoms with Gasteiger partial charge in [-0.15, -0.1) is 0 Å². The van der Waals surface area contributed by atoms with Gasteiger partial charge in [0.2, 0.25) is 11.7 Å². The van der Waals surface area contributed by atoms with Crippen LogP contribution in [0.5, 0.6) is 0 Å². The van der Waals surface area contributed by atoms with E-state index in [4.69, 9.17) is 4.52 Å². The summed E-state index contributed by atoms with van der Waals surface area (Å²) in [6.07, 6.45) is 3.63. The number of rotatable bonds is 4. The molecule has 1 saturated heterocycles. The number of benzene rings is 1. The zero-order chi connectivity index (χ0) is 17.2. The van der Waals surface area contributed by atoms with Gasteiger partial charge < -0.3 is 9.63 Å². The average Bonchev–Trinajstić information content (AvgIpc) is 3.23. The molecule has 0 radical (unpaired) electrons. The molecular weight excluding hydrogens is 323 g/mol. The lowest BCUT2D eigenvalue weighted by Crippen LogP contribution is -2.24. The molecule has 0 aliphatic carbocycles. The van der Waals surface area contributed by atoms with Crippen molar-refractivity contribution in [2.75, 3.05) is 6.54 Å². The van der Waals surface area contributed by atoms with E-state index in [9.17, 15) is 9.50 Å². The van der Waals surface area contributed by atoms with Gasteiger partial charge in [0.15, 0.2) is 0 Å². The number of aliphatic hydroxyl groups is 1. The van der Waals surface area contributed by atoms with Crippen LogP contribution < -0.4 is 0 Å². The van der Waals surface area contributed by atoms with E-state index in [0.717, 1.165) is 5.56 Å². The van der Waals surface area contributed by atoms with Crippen LogP contribution in [0, 0.1) is 5.82 Å². The van der Waals surface area contributed by atoms with Crippen LogP contribution in [0.25, 0.3) is 11.4 Å². The largest absolute Gasteiger partial charge is 0.392 e. The van der Waals surface area contributed by atoms with Crippen LogP contribution in [-0.2, 0) is 6.54 Å². The summed E-state index contributed by atoms with van der Waals surface area (Å²) >= 11 is 0. The first-order valence-corrected chi connectivity index (χ1v) is 8.09. The lowest BCUT2D eigenvalue weighted by Gasteiger charge is -2.20. The first-order chi connectivity index (χ1) is 12.2. The summed E-state index contributed by atoms with van der Waals surface area (Å²) in [7, 11) is 0. The summed E-state index contributed by atoms with van der Waals surface area (Å²) in [4.78, 5) is 10.7. The molecule has 25 heavy (non-hydrogen) atoms. The van der Waals surface area contributed by atoms with Gasteiger partial charge in [0.1, 0.15) is 5.82 Å². The van der Waals surface area contributed by atoms with Crippen molar-refractivity contribution in [2.45, 2.75) is 25.1 Å². The number of hydrogen-bond donors (Lipinski definition) is 1. The fraction of sp³-hybridized carbons (Fsp3) is 0.278. The third-order valence-corrected chi connectivity index (χ3v) is 4.32. The second kappa shape index (κ2) is 6.70. The van der Waals surface area contributed by atoms with E-state index in [2.05, 4.69) is 20.0 Å². The van der Waals surface area contributed by atoms with E-state index < -0.39 is 6.10 Å². The molecule has 7 heteroatoms. The first kappa shape index (κ1) is 15.9. The Morgan fingerprint density at radius 2 is 2.08 bits per heavy atom. The van der Waals surface area contributed by atoms with Crippen molar-refractivity contribution >= 4 is 0 Å². The number of aromatic nitrogens is 3. The van der Waals surface area contributed by atoms with Crippen LogP contribution in [0.4, 0.5) is 4.39 Å². The van der Waals surface area contributed by atoms with Crippen molar-refractivity contribution in [3.05, 3.63) is 66.1 Å². The SMILES string of the molecule is O[C@@H]1C[C@@H](c2nc(-c3ccc(F)cc3)no2)N(Cc2cccnc2)C1. The standard InChI is InChI=1S/C18H17FN4O2/c19-14-5-3-13(4-6-14)17-21-18(25-22-17)16-8-15(24)11-23(16)10-12-2-1-7-20-9-12/h1-7,9,15-16,24H,8,10-11H2/t15-,16+/m1/s1. The number of hydrogen-bond acceptors (Lipinski definition) is 6. The molecule has 3 heterocycles. The van der Waals surface area contributed by atoms with Gasteiger partial charge in [0, 0.05) is 31.0 Å². The van der Waals surface area contributed by atoms with E-state index in [1.807, 2.05) is 12.1 Å². The summed E-state index contributed by atoms with van der Waals surface area (Å²) in [5, 5.41) is 14.1. The van der Waals surface area contributed by atoms with E-state index >= 15 is 0 Å². The molecule has 3 aromatic rings. The molecule has 1 aliphatic rings. The predicted octanol–water partition coefficient (Wildman–Crippen LogP) is 2.58. The van der Waals surface area contributed by atoms with Gasteiger partial charge in [-0.2, -0.15) is 4.98 Å². The molecule has 4 rings (SSSR count). The second-order valence-corrected chi connectivity index (χ2v) is 6.16. The Bertz CT molecular complexity index is 838. The van der Waals surface area contributed by atoms with Crippen molar-refractivity contribution in [3.63, 3.8) is 0 Å². The van der Waals surface area contributed by atoms with Gasteiger partial charge >= 0.3 is 0 Å². The van der Waals surface area contributed by atoms with Crippen LogP contribution in [0.1, 0.15) is 23.9 Å². The normalized spacial score (nSPS) is 20.9. The Labute approximate surface area is 143 Å². The molecule has 1 aliphatic heterocycles. The lowest BCUT2D eigenvalue weighted by atomic mass is 10.2. The lowest BCUT2D eigenvalue weighted by molar-refractivity contribution is 0.169. The molecule has 0 spiro atoms. The highest BCUT2D eigenvalue weighted by atomic mass is 19.1. The third-order valence-electron chi connectivity index (χ3n) is 4.32. The Hall–Kier alpha value is -2.64. The number of pyridine rings is 1. The maximum absolute atomic E-state index is 13.1. The maximum Gasteiger partial charge on any atom is 0.244 e. The van der Waals surface area contributed by atoms with Gasteiger partial charge in [-0.1, -0.05) is 11.2 Å². The van der Waals surface area contributed by atoms with Crippen LogP contribution in [-0.4, -0.2) is 37.8 Å². The summed E-state index contributed by atoms with van der Waals surface area (Å²) in [5.74, 6) is 0.562. The summed E-state index contributed by atoms with van der Waals surface area (Å²) in [6, 6.07) is 9.67. The minimum absolute atomic E-state index is 0.156. The smallest absolute Gasteiger partial charge is 0.244 e. The van der Waals surface area contributed by atoms with Crippen molar-refractivity contribution < 1.29 is 14.0 Å². The molecule has 1 N–H and O–H groups in total. The highest BCUT2D eigenvalue weighted by Crippen LogP contribution is 2.33. The molecular formula is C18H17FN4O2. The molecule has 128 valence electrons. The molecule has 6 nitrogen and oxygen atoms in total. The number of halogens is 1. The van der Waals surface area contributed by atoms with Gasteiger partial charge in [0.25, 0.3) is 0 Å². The van der Waals surface area contributed by atoms with Crippen molar-refractivity contribution in [1.82, 2.24) is 20.0 Å². The fourth-order valence-corrected chi connectivity index (χ4v) is 3.12. The minimum atomic E-state index is -0.442. The predicted molar refractivity (Wildman–Crippen MR) is 87.7 cm³/mol. The quantitative estimate of drug-likeness (QED) is 0.787. The molecule has 2 aromatic heterocycles. The van der Waals surface area contributed by atoms with Gasteiger partial charge in [-0.05, 0) is 42.3 Å². The highest BCUT2D eigenvalue weighted by Gasteiger charge is 2.35. The van der Waals surface area contributed by atoms with Crippen molar-refractivity contribution in [2.24, 2.45) is 0 Å².